The number of nitrogens with two attached hydrogens (primary N) is 1. The molecule has 4 rings (SSSR count). The van der Waals surface area contributed by atoms with Crippen molar-refractivity contribution in [2.45, 2.75) is 36.6 Å². The lowest BCUT2D eigenvalue weighted by Crippen LogP contribution is -2.33. The highest BCUT2D eigenvalue weighted by Crippen LogP contribution is 2.37. The Morgan fingerprint density at radius 1 is 1.19 bits per heavy atom. The maximum atomic E-state index is 12.8. The molecular weight excluding hydrogens is 374 g/mol. The lowest BCUT2D eigenvalue weighted by molar-refractivity contribution is 0.0779. The summed E-state index contributed by atoms with van der Waals surface area (Å²) in [5.41, 5.74) is 6.57. The zero-order valence-electron chi connectivity index (χ0n) is 14.6. The van der Waals surface area contributed by atoms with Gasteiger partial charge in [0, 0.05) is 31.2 Å². The predicted octanol–water partition coefficient (Wildman–Crippen LogP) is 1.61. The van der Waals surface area contributed by atoms with Gasteiger partial charge in [-0.3, -0.25) is 4.79 Å². The first kappa shape index (κ1) is 19.6. The van der Waals surface area contributed by atoms with Crippen molar-refractivity contribution in [3.05, 3.63) is 29.8 Å². The van der Waals surface area contributed by atoms with Crippen LogP contribution >= 0.6 is 12.4 Å². The van der Waals surface area contributed by atoms with Crippen LogP contribution in [0.15, 0.2) is 29.2 Å². The Kier molecular flexibility index (Phi) is 5.63. The molecule has 3 unspecified atom stereocenters. The maximum absolute atomic E-state index is 12.8. The van der Waals surface area contributed by atoms with E-state index in [9.17, 15) is 13.2 Å². The highest BCUT2D eigenvalue weighted by Gasteiger charge is 2.42. The largest absolute Gasteiger partial charge is 0.338 e. The molecule has 3 N–H and O–H groups in total. The fraction of sp³-hybridized carbons (Fsp3) is 0.611. The summed E-state index contributed by atoms with van der Waals surface area (Å²) in [5, 5.41) is 0. The van der Waals surface area contributed by atoms with Gasteiger partial charge in [-0.25, -0.2) is 13.1 Å². The molecule has 1 saturated heterocycles. The van der Waals surface area contributed by atoms with Gasteiger partial charge >= 0.3 is 0 Å². The van der Waals surface area contributed by atoms with E-state index in [4.69, 9.17) is 5.73 Å². The summed E-state index contributed by atoms with van der Waals surface area (Å²) in [6.45, 7) is 1.89. The molecule has 3 aliphatic rings. The third-order valence-corrected chi connectivity index (χ3v) is 7.27. The monoisotopic (exact) mass is 399 g/mol. The SMILES string of the molecule is Cl.NC1CCC2CN(C(=O)c3cccc(S(=O)(=O)NCC4CC4)c3)CC12. The normalized spacial score (nSPS) is 27.9. The molecular formula is C18H26ClN3O3S. The van der Waals surface area contributed by atoms with E-state index in [1.165, 1.54) is 6.07 Å². The van der Waals surface area contributed by atoms with Gasteiger partial charge in [0.1, 0.15) is 0 Å². The van der Waals surface area contributed by atoms with E-state index < -0.39 is 10.0 Å². The number of halogens is 1. The van der Waals surface area contributed by atoms with Crippen molar-refractivity contribution in [1.29, 1.82) is 0 Å². The number of carbonyl (C=O) groups is 1. The van der Waals surface area contributed by atoms with Crippen molar-refractivity contribution < 1.29 is 13.2 Å². The quantitative estimate of drug-likeness (QED) is 0.786. The highest BCUT2D eigenvalue weighted by molar-refractivity contribution is 7.89. The molecule has 3 atom stereocenters. The van der Waals surface area contributed by atoms with Gasteiger partial charge in [0.2, 0.25) is 10.0 Å². The van der Waals surface area contributed by atoms with Crippen molar-refractivity contribution in [3.8, 4) is 0 Å². The van der Waals surface area contributed by atoms with Crippen molar-refractivity contribution in [1.82, 2.24) is 9.62 Å². The summed E-state index contributed by atoms with van der Waals surface area (Å²) in [6.07, 6.45) is 4.29. The van der Waals surface area contributed by atoms with E-state index in [-0.39, 0.29) is 29.3 Å². The van der Waals surface area contributed by atoms with Gasteiger partial charge in [-0.05, 0) is 61.6 Å². The van der Waals surface area contributed by atoms with Gasteiger partial charge in [-0.2, -0.15) is 0 Å². The highest BCUT2D eigenvalue weighted by atomic mass is 35.5. The fourth-order valence-electron chi connectivity index (χ4n) is 4.09. The Morgan fingerprint density at radius 3 is 2.65 bits per heavy atom. The number of benzene rings is 1. The maximum Gasteiger partial charge on any atom is 0.253 e. The molecule has 2 aliphatic carbocycles. The average Bonchev–Trinajstić information content (AvgIpc) is 3.25. The minimum atomic E-state index is -3.56. The number of amides is 1. The molecule has 6 nitrogen and oxygen atoms in total. The number of hydrogen-bond acceptors (Lipinski definition) is 4. The molecule has 0 aromatic heterocycles. The number of likely N-dealkylation sites (tertiary alicyclic amines) is 1. The van der Waals surface area contributed by atoms with Crippen LogP contribution in [0.5, 0.6) is 0 Å². The molecule has 0 bridgehead atoms. The number of nitrogens with one attached hydrogen (secondary N) is 1. The first-order valence-electron chi connectivity index (χ1n) is 9.08. The van der Waals surface area contributed by atoms with Crippen LogP contribution in [0.2, 0.25) is 0 Å². The molecule has 1 aliphatic heterocycles. The van der Waals surface area contributed by atoms with Gasteiger partial charge in [0.05, 0.1) is 4.90 Å². The van der Waals surface area contributed by atoms with E-state index in [1.807, 2.05) is 4.90 Å². The Balaban J connectivity index is 0.00000196. The number of rotatable bonds is 5. The summed E-state index contributed by atoms with van der Waals surface area (Å²) in [7, 11) is -3.56. The zero-order chi connectivity index (χ0) is 17.6. The number of carbonyl (C=O) groups excluding carboxylic acids is 1. The second-order valence-electron chi connectivity index (χ2n) is 7.70. The smallest absolute Gasteiger partial charge is 0.253 e. The Morgan fingerprint density at radius 2 is 1.96 bits per heavy atom. The molecule has 2 saturated carbocycles. The van der Waals surface area contributed by atoms with E-state index in [2.05, 4.69) is 4.72 Å². The standard InChI is InChI=1S/C18H25N3O3S.ClH/c19-17-7-6-14-10-21(11-16(14)17)18(22)13-2-1-3-15(8-13)25(23,24)20-9-12-4-5-12;/h1-3,8,12,14,16-17,20H,4-7,9-11,19H2;1H. The van der Waals surface area contributed by atoms with E-state index in [0.29, 0.717) is 36.4 Å². The second-order valence-corrected chi connectivity index (χ2v) is 9.47. The van der Waals surface area contributed by atoms with Crippen LogP contribution in [0.4, 0.5) is 0 Å². The summed E-state index contributed by atoms with van der Waals surface area (Å²) < 4.78 is 27.5. The summed E-state index contributed by atoms with van der Waals surface area (Å²) in [4.78, 5) is 14.8. The Labute approximate surface area is 161 Å². The summed E-state index contributed by atoms with van der Waals surface area (Å²) in [5.74, 6) is 1.25. The van der Waals surface area contributed by atoms with Crippen molar-refractivity contribution in [2.24, 2.45) is 23.5 Å². The summed E-state index contributed by atoms with van der Waals surface area (Å²) >= 11 is 0. The lowest BCUT2D eigenvalue weighted by Gasteiger charge is -2.19. The number of sulfonamides is 1. The lowest BCUT2D eigenvalue weighted by atomic mass is 9.98. The van der Waals surface area contributed by atoms with Crippen molar-refractivity contribution >= 4 is 28.3 Å². The molecule has 1 amide bonds. The molecule has 1 heterocycles. The molecule has 1 aromatic rings. The van der Waals surface area contributed by atoms with Crippen LogP contribution in [0, 0.1) is 17.8 Å². The van der Waals surface area contributed by atoms with Crippen LogP contribution in [0.25, 0.3) is 0 Å². The first-order chi connectivity index (χ1) is 11.9. The summed E-state index contributed by atoms with van der Waals surface area (Å²) in [6, 6.07) is 6.55. The van der Waals surface area contributed by atoms with Gasteiger partial charge in [-0.1, -0.05) is 6.07 Å². The minimum absolute atomic E-state index is 0. The number of fused-ring (bicyclic) bond motifs is 1. The third kappa shape index (κ3) is 3.91. The van der Waals surface area contributed by atoms with Gasteiger partial charge in [-0.15, -0.1) is 12.4 Å². The van der Waals surface area contributed by atoms with Gasteiger partial charge in [0.25, 0.3) is 5.91 Å². The van der Waals surface area contributed by atoms with Crippen LogP contribution < -0.4 is 10.5 Å². The molecule has 0 radical (unpaired) electrons. The van der Waals surface area contributed by atoms with Crippen LogP contribution in [0.1, 0.15) is 36.0 Å². The van der Waals surface area contributed by atoms with Crippen molar-refractivity contribution in [3.63, 3.8) is 0 Å². The minimum Gasteiger partial charge on any atom is -0.338 e. The first-order valence-corrected chi connectivity index (χ1v) is 10.6. The second kappa shape index (κ2) is 7.46. The Hall–Kier alpha value is -1.15. The molecule has 26 heavy (non-hydrogen) atoms. The van der Waals surface area contributed by atoms with Gasteiger partial charge < -0.3 is 10.6 Å². The zero-order valence-corrected chi connectivity index (χ0v) is 16.3. The third-order valence-electron chi connectivity index (χ3n) is 5.85. The number of nitrogens with zero attached hydrogens (tertiary/aromatic N) is 1. The van der Waals surface area contributed by atoms with Crippen LogP contribution in [0.3, 0.4) is 0 Å². The molecule has 3 fully saturated rings. The molecule has 0 spiro atoms. The topological polar surface area (TPSA) is 92.5 Å². The molecule has 1 aromatic carbocycles. The van der Waals surface area contributed by atoms with Crippen LogP contribution in [-0.4, -0.2) is 44.9 Å². The number of hydrogen-bond donors (Lipinski definition) is 2. The van der Waals surface area contributed by atoms with E-state index >= 15 is 0 Å². The molecule has 8 heteroatoms. The molecule has 144 valence electrons. The average molecular weight is 400 g/mol. The van der Waals surface area contributed by atoms with Crippen molar-refractivity contribution in [2.75, 3.05) is 19.6 Å². The van der Waals surface area contributed by atoms with E-state index in [0.717, 1.165) is 32.2 Å². The Bertz CT molecular complexity index is 782. The fourth-order valence-corrected chi connectivity index (χ4v) is 5.25. The van der Waals surface area contributed by atoms with E-state index in [1.54, 1.807) is 18.2 Å². The van der Waals surface area contributed by atoms with Crippen LogP contribution in [-0.2, 0) is 10.0 Å². The van der Waals surface area contributed by atoms with Gasteiger partial charge in [0.15, 0.2) is 0 Å². The predicted molar refractivity (Wildman–Crippen MR) is 102 cm³/mol.